The number of hydrogen-bond donors (Lipinski definition) is 1. The number of carbonyl (C=O) groups excluding carboxylic acids is 1. The van der Waals surface area contributed by atoms with Crippen LogP contribution in [0.5, 0.6) is 11.5 Å². The van der Waals surface area contributed by atoms with Crippen molar-refractivity contribution in [3.63, 3.8) is 0 Å². The van der Waals surface area contributed by atoms with Gasteiger partial charge < -0.3 is 33.3 Å². The van der Waals surface area contributed by atoms with Gasteiger partial charge >= 0.3 is 6.09 Å². The average molecular weight is 520 g/mol. The largest absolute Gasteiger partial charge is 0.747 e. The lowest BCUT2D eigenvalue weighted by Crippen LogP contribution is -2.37. The van der Waals surface area contributed by atoms with Crippen LogP contribution in [0.25, 0.3) is 0 Å². The highest BCUT2D eigenvalue weighted by atomic mass is 127. The second kappa shape index (κ2) is 7.88. The van der Waals surface area contributed by atoms with E-state index in [-0.39, 0.29) is 24.5 Å². The van der Waals surface area contributed by atoms with Gasteiger partial charge in [0.05, 0.1) is 18.3 Å². The minimum absolute atomic E-state index is 0.191. The van der Waals surface area contributed by atoms with Gasteiger partial charge in [-0.3, -0.25) is 0 Å². The summed E-state index contributed by atoms with van der Waals surface area (Å²) in [6, 6.07) is 2.85. The summed E-state index contributed by atoms with van der Waals surface area (Å²) in [6.07, 6.45) is -0.364. The molecule has 0 aromatic heterocycles. The molecule has 0 bridgehead atoms. The van der Waals surface area contributed by atoms with E-state index in [9.17, 15) is 13.1 Å². The van der Waals surface area contributed by atoms with Crippen LogP contribution in [-0.4, -0.2) is 47.4 Å². The maximum atomic E-state index is 12.3. The van der Waals surface area contributed by atoms with Crippen LogP contribution in [0.3, 0.4) is 0 Å². The van der Waals surface area contributed by atoms with Crippen LogP contribution in [0.1, 0.15) is 40.2 Å². The van der Waals surface area contributed by atoms with Crippen molar-refractivity contribution in [1.29, 1.82) is 0 Å². The summed E-state index contributed by atoms with van der Waals surface area (Å²) >= 11 is -1.96. The molecule has 2 atom stereocenters. The number of hydrogen-bond acceptors (Lipinski definition) is 7. The van der Waals surface area contributed by atoms with Crippen molar-refractivity contribution in [2.24, 2.45) is 5.73 Å². The molecule has 2 N–H and O–H groups in total. The Morgan fingerprint density at radius 2 is 2.07 bits per heavy atom. The Bertz CT molecular complexity index is 810. The van der Waals surface area contributed by atoms with E-state index >= 15 is 0 Å². The quantitative estimate of drug-likeness (QED) is 0.365. The topological polar surface area (TPSA) is 117 Å². The molecule has 1 unspecified atom stereocenters. The van der Waals surface area contributed by atoms with Crippen LogP contribution in [0.4, 0.5) is 10.5 Å². The number of nitrogens with zero attached hydrogens (tertiary/aromatic N) is 2. The van der Waals surface area contributed by atoms with E-state index in [4.69, 9.17) is 19.9 Å². The van der Waals surface area contributed by atoms with E-state index in [2.05, 4.69) is 0 Å². The van der Waals surface area contributed by atoms with Crippen molar-refractivity contribution in [2.45, 2.75) is 64.4 Å². The third-order valence-electron chi connectivity index (χ3n) is 4.64. The van der Waals surface area contributed by atoms with Crippen molar-refractivity contribution in [1.82, 2.24) is 4.90 Å². The van der Waals surface area contributed by atoms with Crippen molar-refractivity contribution in [3.05, 3.63) is 22.9 Å². The summed E-state index contributed by atoms with van der Waals surface area (Å²) in [5.74, 6) is 0.875. The zero-order valence-corrected chi connectivity index (χ0v) is 19.4. The summed E-state index contributed by atoms with van der Waals surface area (Å²) in [7, 11) is 0. The molecule has 1 fully saturated rings. The molecule has 3 rings (SSSR count). The summed E-state index contributed by atoms with van der Waals surface area (Å²) in [4.78, 5) is 13.8. The molecule has 2 heterocycles. The van der Waals surface area contributed by atoms with Gasteiger partial charge in [0, 0.05) is 24.6 Å². The molecule has 2 aliphatic heterocycles. The molecule has 9 nitrogen and oxygen atoms in total. The van der Waals surface area contributed by atoms with Gasteiger partial charge in [-0.1, -0.05) is 0 Å². The highest BCUT2D eigenvalue weighted by Crippen LogP contribution is 2.44. The number of benzene rings is 1. The first kappa shape index (κ1) is 22.0. The number of fused-ring (bicyclic) bond motifs is 1. The Hall–Kier alpha value is -1.66. The van der Waals surface area contributed by atoms with Crippen LogP contribution in [0.15, 0.2) is 12.1 Å². The van der Waals surface area contributed by atoms with Crippen molar-refractivity contribution in [2.75, 3.05) is 16.4 Å². The van der Waals surface area contributed by atoms with Crippen LogP contribution in [-0.2, 0) is 14.2 Å². The minimum atomic E-state index is -1.96. The Morgan fingerprint density at radius 1 is 1.38 bits per heavy atom. The molecule has 0 spiro atoms. The zero-order chi connectivity index (χ0) is 21.6. The lowest BCUT2D eigenvalue weighted by Gasteiger charge is -2.27. The predicted octanol–water partition coefficient (Wildman–Crippen LogP) is 3.26. The molecular formula is C19H27IN3O6-. The summed E-state index contributed by atoms with van der Waals surface area (Å²) in [5, 5.41) is 12.2. The fourth-order valence-electron chi connectivity index (χ4n) is 3.45. The monoisotopic (exact) mass is 520 g/mol. The fourth-order valence-corrected chi connectivity index (χ4v) is 4.04. The van der Waals surface area contributed by atoms with Crippen molar-refractivity contribution >= 4 is 33.2 Å². The third-order valence-corrected chi connectivity index (χ3v) is 5.51. The summed E-state index contributed by atoms with van der Waals surface area (Å²) in [6.45, 7) is 9.79. The summed E-state index contributed by atoms with van der Waals surface area (Å²) < 4.78 is 29.1. The van der Waals surface area contributed by atoms with Gasteiger partial charge in [-0.2, -0.15) is 0 Å². The molecule has 0 saturated carbocycles. The van der Waals surface area contributed by atoms with E-state index in [0.29, 0.717) is 15.4 Å². The number of rotatable bonds is 4. The first-order valence-corrected chi connectivity index (χ1v) is 11.2. The van der Waals surface area contributed by atoms with E-state index < -0.39 is 50.9 Å². The minimum Gasteiger partial charge on any atom is -0.747 e. The SMILES string of the molecule is CC(C)(C)OC(=O)N1CC(Oc2cc3c(cc2N([O-])I=O)CC(C)(C)O3)[C@@H](N)C1. The van der Waals surface area contributed by atoms with Gasteiger partial charge in [-0.05, 0) is 40.7 Å². The molecular weight excluding hydrogens is 493 g/mol. The zero-order valence-electron chi connectivity index (χ0n) is 17.2. The first-order chi connectivity index (χ1) is 13.4. The fraction of sp³-hybridized carbons (Fsp3) is 0.632. The van der Waals surface area contributed by atoms with Gasteiger partial charge in [0.25, 0.3) is 21.5 Å². The average Bonchev–Trinajstić information content (AvgIpc) is 3.10. The Morgan fingerprint density at radius 3 is 2.69 bits per heavy atom. The van der Waals surface area contributed by atoms with E-state index in [0.717, 1.165) is 5.56 Å². The van der Waals surface area contributed by atoms with Gasteiger partial charge in [0.2, 0.25) is 0 Å². The van der Waals surface area contributed by atoms with Gasteiger partial charge in [0.1, 0.15) is 28.8 Å². The number of anilines is 1. The third kappa shape index (κ3) is 5.10. The number of carbonyl (C=O) groups is 1. The number of amides is 1. The van der Waals surface area contributed by atoms with Crippen LogP contribution in [0.2, 0.25) is 0 Å². The van der Waals surface area contributed by atoms with Gasteiger partial charge in [-0.15, -0.1) is 0 Å². The normalized spacial score (nSPS) is 22.8. The second-order valence-electron chi connectivity index (χ2n) is 8.99. The van der Waals surface area contributed by atoms with E-state index in [1.165, 1.54) is 4.90 Å². The van der Waals surface area contributed by atoms with Crippen molar-refractivity contribution < 1.29 is 22.1 Å². The van der Waals surface area contributed by atoms with Crippen LogP contribution >= 0.6 is 21.5 Å². The van der Waals surface area contributed by atoms with Gasteiger partial charge in [-0.25, -0.2) is 7.86 Å². The number of likely N-dealkylation sites (tertiary alicyclic amines) is 1. The predicted molar refractivity (Wildman–Crippen MR) is 116 cm³/mol. The number of nitrogens with two attached hydrogens (primary N) is 1. The lowest BCUT2D eigenvalue weighted by atomic mass is 10.0. The molecule has 0 radical (unpaired) electrons. The van der Waals surface area contributed by atoms with Crippen LogP contribution in [0, 0.1) is 5.21 Å². The Kier molecular flexibility index (Phi) is 5.98. The van der Waals surface area contributed by atoms with E-state index in [1.807, 2.05) is 13.8 Å². The lowest BCUT2D eigenvalue weighted by molar-refractivity contribution is 0.0275. The number of ether oxygens (including phenoxy) is 3. The molecule has 1 aromatic rings. The Labute approximate surface area is 181 Å². The second-order valence-corrected chi connectivity index (χ2v) is 10.3. The number of halogens is 1. The highest BCUT2D eigenvalue weighted by Gasteiger charge is 2.38. The standard InChI is InChI=1S/C19H27IN3O6/c1-18(2,3)29-17(24)22-9-12(21)16(10-22)27-15-7-14-11(8-19(4,5)28-14)6-13(15)23(26)20-25/h6-7,12,16H,8-10,21H2,1-5H3/q-1/t12-,16?/m0/s1. The molecule has 2 aliphatic rings. The first-order valence-electron chi connectivity index (χ1n) is 9.39. The highest BCUT2D eigenvalue weighted by molar-refractivity contribution is 14.1. The maximum absolute atomic E-state index is 12.3. The molecule has 1 amide bonds. The molecule has 1 aromatic carbocycles. The molecule has 0 aliphatic carbocycles. The van der Waals surface area contributed by atoms with E-state index in [1.54, 1.807) is 32.9 Å². The summed E-state index contributed by atoms with van der Waals surface area (Å²) in [5.41, 5.74) is 6.23. The van der Waals surface area contributed by atoms with Gasteiger partial charge in [0.15, 0.2) is 0 Å². The molecule has 10 heteroatoms. The maximum Gasteiger partial charge on any atom is 0.410 e. The smallest absolute Gasteiger partial charge is 0.410 e. The Balaban J connectivity index is 1.81. The molecule has 162 valence electrons. The van der Waals surface area contributed by atoms with Crippen molar-refractivity contribution in [3.8, 4) is 11.5 Å². The van der Waals surface area contributed by atoms with Crippen LogP contribution < -0.4 is 18.5 Å². The molecule has 29 heavy (non-hydrogen) atoms. The molecule has 1 saturated heterocycles.